The van der Waals surface area contributed by atoms with Crippen molar-refractivity contribution in [2.75, 3.05) is 20.3 Å². The topological polar surface area (TPSA) is 187 Å². The Bertz CT molecular complexity index is 2220. The summed E-state index contributed by atoms with van der Waals surface area (Å²) < 4.78 is 21.6. The van der Waals surface area contributed by atoms with Crippen LogP contribution in [0.5, 0.6) is 0 Å². The van der Waals surface area contributed by atoms with Gasteiger partial charge in [0.2, 0.25) is 5.91 Å². The molecule has 336 valence electrons. The zero-order valence-corrected chi connectivity index (χ0v) is 37.2. The van der Waals surface area contributed by atoms with E-state index in [0.717, 1.165) is 38.6 Å². The first-order valence-corrected chi connectivity index (χ1v) is 21.4. The van der Waals surface area contributed by atoms with Crippen LogP contribution in [-0.2, 0) is 44.5 Å². The van der Waals surface area contributed by atoms with Gasteiger partial charge in [-0.05, 0) is 106 Å². The molecule has 3 atom stereocenters. The van der Waals surface area contributed by atoms with Gasteiger partial charge in [-0.3, -0.25) is 9.59 Å². The van der Waals surface area contributed by atoms with Crippen molar-refractivity contribution < 1.29 is 47.7 Å². The number of methoxy groups -OCH3 is 1. The number of nitrogens with one attached hydrogen (secondary N) is 4. The molecular weight excluding hydrogens is 805 g/mol. The first kappa shape index (κ1) is 47.6. The quantitative estimate of drug-likeness (QED) is 0.0451. The summed E-state index contributed by atoms with van der Waals surface area (Å²) >= 11 is 0. The molecule has 5 rings (SSSR count). The molecule has 4 N–H and O–H groups in total. The van der Waals surface area contributed by atoms with E-state index in [2.05, 4.69) is 33.4 Å². The van der Waals surface area contributed by atoms with Crippen LogP contribution in [0.4, 0.5) is 9.59 Å². The highest BCUT2D eigenvalue weighted by Crippen LogP contribution is 2.44. The highest BCUT2D eigenvalue weighted by molar-refractivity contribution is 5.88. The maximum Gasteiger partial charge on any atom is 0.407 e. The minimum absolute atomic E-state index is 0.0886. The molecule has 4 aromatic rings. The number of unbranched alkanes of at least 4 members (excludes halogenated alkanes) is 1. The molecule has 0 aromatic heterocycles. The summed E-state index contributed by atoms with van der Waals surface area (Å²) in [6, 6.07) is 25.7. The van der Waals surface area contributed by atoms with Crippen molar-refractivity contribution in [2.45, 2.75) is 115 Å². The number of esters is 3. The second-order valence-electron chi connectivity index (χ2n) is 17.6. The Morgan fingerprint density at radius 3 is 1.84 bits per heavy atom. The SMILES string of the molecule is COC(=O)C(CCCCNC(=O)C(Cc1ccc2ccccc2c1)NC(=O)OCC1c2ccccc2-c2ccccc21)NC(=O)NC(CCC(=O)OC(C)(C)C)C(=O)OC(C)(C)C. The highest BCUT2D eigenvalue weighted by atomic mass is 16.6. The molecular formula is C49H60N4O10. The lowest BCUT2D eigenvalue weighted by Crippen LogP contribution is -2.52. The van der Waals surface area contributed by atoms with E-state index in [9.17, 15) is 28.8 Å². The number of hydrogen-bond donors (Lipinski definition) is 4. The van der Waals surface area contributed by atoms with Crippen LogP contribution in [0.1, 0.15) is 96.3 Å². The van der Waals surface area contributed by atoms with Crippen LogP contribution in [0.25, 0.3) is 21.9 Å². The van der Waals surface area contributed by atoms with E-state index in [4.69, 9.17) is 18.9 Å². The largest absolute Gasteiger partial charge is 0.467 e. The van der Waals surface area contributed by atoms with Gasteiger partial charge >= 0.3 is 30.0 Å². The van der Waals surface area contributed by atoms with Gasteiger partial charge in [-0.2, -0.15) is 0 Å². The third-order valence-corrected chi connectivity index (χ3v) is 10.3. The lowest BCUT2D eigenvalue weighted by molar-refractivity contribution is -0.158. The molecule has 0 saturated heterocycles. The van der Waals surface area contributed by atoms with Crippen molar-refractivity contribution in [2.24, 2.45) is 0 Å². The number of hydrogen-bond acceptors (Lipinski definition) is 10. The van der Waals surface area contributed by atoms with Gasteiger partial charge in [0.15, 0.2) is 0 Å². The number of urea groups is 1. The van der Waals surface area contributed by atoms with Crippen LogP contribution in [0.3, 0.4) is 0 Å². The van der Waals surface area contributed by atoms with E-state index in [1.165, 1.54) is 7.11 Å². The van der Waals surface area contributed by atoms with Crippen LogP contribution < -0.4 is 21.3 Å². The smallest absolute Gasteiger partial charge is 0.407 e. The minimum atomic E-state index is -1.21. The Kier molecular flexibility index (Phi) is 16.3. The first-order valence-electron chi connectivity index (χ1n) is 21.4. The normalized spacial score (nSPS) is 13.6. The fraction of sp³-hybridized carbons (Fsp3) is 0.429. The maximum absolute atomic E-state index is 13.8. The predicted molar refractivity (Wildman–Crippen MR) is 239 cm³/mol. The molecule has 0 fully saturated rings. The Morgan fingerprint density at radius 2 is 1.22 bits per heavy atom. The van der Waals surface area contributed by atoms with Gasteiger partial charge in [0.1, 0.15) is 35.9 Å². The molecule has 14 nitrogen and oxygen atoms in total. The van der Waals surface area contributed by atoms with Crippen LogP contribution >= 0.6 is 0 Å². The van der Waals surface area contributed by atoms with Crippen molar-refractivity contribution in [1.82, 2.24) is 21.3 Å². The summed E-state index contributed by atoms with van der Waals surface area (Å²) in [7, 11) is 1.19. The summed E-state index contributed by atoms with van der Waals surface area (Å²) in [4.78, 5) is 78.5. The molecule has 4 aromatic carbocycles. The number of amides is 4. The number of carbonyl (C=O) groups is 6. The lowest BCUT2D eigenvalue weighted by Gasteiger charge is -2.26. The van der Waals surface area contributed by atoms with Crippen LogP contribution in [0, 0.1) is 0 Å². The molecule has 0 radical (unpaired) electrons. The van der Waals surface area contributed by atoms with Gasteiger partial charge < -0.3 is 40.2 Å². The number of carbonyl (C=O) groups excluding carboxylic acids is 6. The van der Waals surface area contributed by atoms with Crippen molar-refractivity contribution in [3.63, 3.8) is 0 Å². The zero-order chi connectivity index (χ0) is 45.7. The van der Waals surface area contributed by atoms with Crippen LogP contribution in [0.15, 0.2) is 91.0 Å². The summed E-state index contributed by atoms with van der Waals surface area (Å²) in [5.74, 6) is -2.58. The average Bonchev–Trinajstić information content (AvgIpc) is 3.55. The molecule has 14 heteroatoms. The number of alkyl carbamates (subject to hydrolysis) is 1. The average molecular weight is 865 g/mol. The van der Waals surface area contributed by atoms with E-state index in [-0.39, 0.29) is 44.8 Å². The van der Waals surface area contributed by atoms with Crippen LogP contribution in [0.2, 0.25) is 0 Å². The van der Waals surface area contributed by atoms with Crippen molar-refractivity contribution >= 4 is 46.7 Å². The Morgan fingerprint density at radius 1 is 0.635 bits per heavy atom. The van der Waals surface area contributed by atoms with E-state index in [0.29, 0.717) is 12.8 Å². The molecule has 0 saturated carbocycles. The number of ether oxygens (including phenoxy) is 4. The van der Waals surface area contributed by atoms with Gasteiger partial charge in [-0.15, -0.1) is 0 Å². The monoisotopic (exact) mass is 864 g/mol. The van der Waals surface area contributed by atoms with Gasteiger partial charge in [0.25, 0.3) is 0 Å². The fourth-order valence-corrected chi connectivity index (χ4v) is 7.43. The van der Waals surface area contributed by atoms with Gasteiger partial charge in [0.05, 0.1) is 7.11 Å². The fourth-order valence-electron chi connectivity index (χ4n) is 7.43. The number of fused-ring (bicyclic) bond motifs is 4. The molecule has 0 spiro atoms. The molecule has 1 aliphatic rings. The minimum Gasteiger partial charge on any atom is -0.467 e. The highest BCUT2D eigenvalue weighted by Gasteiger charge is 2.32. The van der Waals surface area contributed by atoms with Gasteiger partial charge in [-0.1, -0.05) is 91.0 Å². The van der Waals surface area contributed by atoms with Crippen molar-refractivity contribution in [3.8, 4) is 11.1 Å². The molecule has 0 aliphatic heterocycles. The molecule has 0 heterocycles. The van der Waals surface area contributed by atoms with Crippen molar-refractivity contribution in [1.29, 1.82) is 0 Å². The summed E-state index contributed by atoms with van der Waals surface area (Å²) in [6.45, 7) is 10.5. The summed E-state index contributed by atoms with van der Waals surface area (Å²) in [5, 5.41) is 12.9. The lowest BCUT2D eigenvalue weighted by atomic mass is 9.98. The van der Waals surface area contributed by atoms with E-state index in [1.54, 1.807) is 41.5 Å². The summed E-state index contributed by atoms with van der Waals surface area (Å²) in [5.41, 5.74) is 3.59. The molecule has 63 heavy (non-hydrogen) atoms. The molecule has 1 aliphatic carbocycles. The Balaban J connectivity index is 1.17. The Hall–Kier alpha value is -6.44. The maximum atomic E-state index is 13.8. The predicted octanol–water partition coefficient (Wildman–Crippen LogP) is 7.25. The summed E-state index contributed by atoms with van der Waals surface area (Å²) in [6.07, 6.45) is 0.142. The Labute approximate surface area is 369 Å². The van der Waals surface area contributed by atoms with Crippen LogP contribution in [-0.4, -0.2) is 85.5 Å². The first-order chi connectivity index (χ1) is 29.9. The molecule has 3 unspecified atom stereocenters. The second kappa shape index (κ2) is 21.6. The number of rotatable bonds is 18. The third kappa shape index (κ3) is 14.3. The van der Waals surface area contributed by atoms with E-state index in [1.807, 2.05) is 78.9 Å². The van der Waals surface area contributed by atoms with Crippen molar-refractivity contribution in [3.05, 3.63) is 108 Å². The van der Waals surface area contributed by atoms with Gasteiger partial charge in [-0.25, -0.2) is 19.2 Å². The van der Waals surface area contributed by atoms with Gasteiger partial charge in [0, 0.05) is 25.3 Å². The third-order valence-electron chi connectivity index (χ3n) is 10.3. The molecule has 4 amide bonds. The number of benzene rings is 4. The standard InChI is InChI=1S/C49H60N4O10/c1-48(2,3)62-42(54)26-25-40(45(57)63-49(4,5)6)52-46(58)51-39(44(56)60-7)22-14-15-27-50-43(55)41(29-31-23-24-32-16-8-9-17-33(32)28-31)53-47(59)61-30-38-36-20-12-10-18-34(36)35-19-11-13-21-37(35)38/h8-13,16-21,23-24,28,38-41H,14-15,22,25-27,29-30H2,1-7H3,(H,50,55)(H,53,59)(H2,51,52,58). The van der Waals surface area contributed by atoms with E-state index >= 15 is 0 Å². The second-order valence-corrected chi connectivity index (χ2v) is 17.6. The molecule has 0 bridgehead atoms. The van der Waals surface area contributed by atoms with E-state index < -0.39 is 65.3 Å². The zero-order valence-electron chi connectivity index (χ0n) is 37.2.